The maximum Gasteiger partial charge on any atom is 0.243 e. The van der Waals surface area contributed by atoms with Crippen LogP contribution < -0.4 is 11.2 Å². The molecule has 3 aliphatic rings. The highest BCUT2D eigenvalue weighted by Gasteiger charge is 2.55. The molecular weight excluding hydrogens is 234 g/mol. The van der Waals surface area contributed by atoms with Crippen LogP contribution in [0.3, 0.4) is 0 Å². The number of nitrogens with two attached hydrogens (primary N) is 1. The molecule has 18 heavy (non-hydrogen) atoms. The molecule has 3 unspecified atom stereocenters. The zero-order chi connectivity index (χ0) is 13.3. The van der Waals surface area contributed by atoms with Gasteiger partial charge in [0.05, 0.1) is 15.4 Å². The fraction of sp³-hybridized carbons (Fsp3) is 0.909. The van der Waals surface area contributed by atoms with Gasteiger partial charge in [-0.1, -0.05) is 13.8 Å². The van der Waals surface area contributed by atoms with Crippen molar-refractivity contribution >= 4 is 5.84 Å². The number of hydrogen-bond donors (Lipinski definition) is 2. The third kappa shape index (κ3) is 2.90. The minimum Gasteiger partial charge on any atom is -0.364 e. The van der Waals surface area contributed by atoms with Crippen molar-refractivity contribution in [2.75, 3.05) is 6.54 Å². The number of hydrazone groups is 1. The lowest BCUT2D eigenvalue weighted by Crippen LogP contribution is -2.45. The van der Waals surface area contributed by atoms with Gasteiger partial charge in [0.25, 0.3) is 0 Å². The van der Waals surface area contributed by atoms with Crippen LogP contribution >= 0.6 is 0 Å². The van der Waals surface area contributed by atoms with Crippen molar-refractivity contribution < 1.29 is 5.03 Å². The summed E-state index contributed by atoms with van der Waals surface area (Å²) in [6, 6.07) is 0. The van der Waals surface area contributed by atoms with Crippen LogP contribution in [0.2, 0.25) is 0 Å². The summed E-state index contributed by atoms with van der Waals surface area (Å²) in [5.74, 6) is 2.45. The number of hydrogen-bond acceptors (Lipinski definition) is 5. The van der Waals surface area contributed by atoms with Crippen molar-refractivity contribution in [2.45, 2.75) is 39.5 Å². The van der Waals surface area contributed by atoms with Crippen LogP contribution in [0.4, 0.5) is 0 Å². The summed E-state index contributed by atoms with van der Waals surface area (Å²) < 4.78 is 0. The number of hydrazine groups is 2. The van der Waals surface area contributed by atoms with Crippen molar-refractivity contribution in [1.82, 2.24) is 10.7 Å². The smallest absolute Gasteiger partial charge is 0.243 e. The summed E-state index contributed by atoms with van der Waals surface area (Å²) in [6.45, 7) is 5.29. The van der Waals surface area contributed by atoms with Gasteiger partial charge in [0.15, 0.2) is 0 Å². The first-order chi connectivity index (χ1) is 8.40. The zero-order valence-corrected chi connectivity index (χ0v) is 10.9. The van der Waals surface area contributed by atoms with Gasteiger partial charge >= 0.3 is 0 Å². The highest BCUT2D eigenvalue weighted by atomic mass is 16.7. The average Bonchev–Trinajstić information content (AvgIpc) is 2.79. The van der Waals surface area contributed by atoms with Gasteiger partial charge in [-0.3, -0.25) is 0 Å². The van der Waals surface area contributed by atoms with Crippen molar-refractivity contribution in [3.8, 4) is 0 Å². The van der Waals surface area contributed by atoms with Gasteiger partial charge in [0, 0.05) is 13.0 Å². The lowest BCUT2D eigenvalue weighted by Gasteiger charge is -2.12. The van der Waals surface area contributed by atoms with E-state index in [1.54, 1.807) is 0 Å². The molecule has 3 rings (SSSR count). The molecule has 7 heteroatoms. The molecular formula is C11H21N5O2. The third-order valence-corrected chi connectivity index (χ3v) is 4.05. The van der Waals surface area contributed by atoms with Crippen LogP contribution in [0.15, 0.2) is 5.10 Å². The normalized spacial score (nSPS) is 37.2. The maximum atomic E-state index is 10.0. The molecule has 0 aromatic rings. The monoisotopic (exact) mass is 255 g/mol. The predicted molar refractivity (Wildman–Crippen MR) is 67.7 cm³/mol. The lowest BCUT2D eigenvalue weighted by atomic mass is 10.0. The highest BCUT2D eigenvalue weighted by Crippen LogP contribution is 2.64. The summed E-state index contributed by atoms with van der Waals surface area (Å²) in [6.07, 6.45) is 5.12. The molecule has 7 nitrogen and oxygen atoms in total. The van der Waals surface area contributed by atoms with Crippen LogP contribution in [0.5, 0.6) is 0 Å². The van der Waals surface area contributed by atoms with E-state index in [1.807, 2.05) is 0 Å². The van der Waals surface area contributed by atoms with E-state index < -0.39 is 5.03 Å². The van der Waals surface area contributed by atoms with E-state index in [-0.39, 0.29) is 5.84 Å². The molecule has 0 bridgehead atoms. The number of amidine groups is 1. The van der Waals surface area contributed by atoms with Gasteiger partial charge in [-0.15, -0.1) is 0 Å². The van der Waals surface area contributed by atoms with Gasteiger partial charge in [0.2, 0.25) is 5.84 Å². The largest absolute Gasteiger partial charge is 0.364 e. The Labute approximate surface area is 106 Å². The van der Waals surface area contributed by atoms with E-state index >= 15 is 0 Å². The fourth-order valence-corrected chi connectivity index (χ4v) is 3.07. The van der Waals surface area contributed by atoms with Crippen molar-refractivity contribution in [2.24, 2.45) is 28.1 Å². The summed E-state index contributed by atoms with van der Waals surface area (Å²) >= 11 is 0. The first-order valence-corrected chi connectivity index (χ1v) is 6.41. The minimum absolute atomic E-state index is 0.274. The number of rotatable bonds is 1. The van der Waals surface area contributed by atoms with E-state index in [1.165, 1.54) is 19.3 Å². The minimum atomic E-state index is -0.675. The van der Waals surface area contributed by atoms with Crippen LogP contribution in [0.1, 0.15) is 39.5 Å². The lowest BCUT2D eigenvalue weighted by molar-refractivity contribution is -0.672. The Morgan fingerprint density at radius 1 is 1.61 bits per heavy atom. The summed E-state index contributed by atoms with van der Waals surface area (Å²) in [7, 11) is 0. The first-order valence-electron chi connectivity index (χ1n) is 6.41. The summed E-state index contributed by atoms with van der Waals surface area (Å²) in [5, 5.41) is 13.2. The third-order valence-electron chi connectivity index (χ3n) is 4.05. The Morgan fingerprint density at radius 2 is 2.33 bits per heavy atom. The molecule has 0 aromatic carbocycles. The Kier molecular flexibility index (Phi) is 3.43. The van der Waals surface area contributed by atoms with Crippen LogP contribution in [-0.4, -0.2) is 22.6 Å². The summed E-state index contributed by atoms with van der Waals surface area (Å²) in [5.41, 5.74) is 8.48. The van der Waals surface area contributed by atoms with E-state index in [4.69, 9.17) is 5.73 Å². The molecule has 0 radical (unpaired) electrons. The van der Waals surface area contributed by atoms with Gasteiger partial charge in [-0.05, 0) is 36.5 Å². The molecule has 0 saturated heterocycles. The van der Waals surface area contributed by atoms with E-state index in [0.717, 1.165) is 17.3 Å². The topological polar surface area (TPSA) is 96.8 Å². The molecule has 2 fully saturated rings. The number of nitrogens with zero attached hydrogens (tertiary/aromatic N) is 3. The SMILES string of the molecule is CC1CC2CC2(C)C1.NC1=NN([N+](=O)[O-])NCC1. The Balaban J connectivity index is 0.000000136. The Hall–Kier alpha value is -1.37. The molecule has 102 valence electrons. The molecule has 3 atom stereocenters. The second-order valence-corrected chi connectivity index (χ2v) is 5.88. The number of fused-ring (bicyclic) bond motifs is 1. The van der Waals surface area contributed by atoms with E-state index in [0.29, 0.717) is 18.2 Å². The first kappa shape index (κ1) is 13.1. The van der Waals surface area contributed by atoms with Crippen LogP contribution in [0.25, 0.3) is 0 Å². The second kappa shape index (κ2) is 4.72. The second-order valence-electron chi connectivity index (χ2n) is 5.88. The maximum absolute atomic E-state index is 10.0. The highest BCUT2D eigenvalue weighted by molar-refractivity contribution is 5.80. The van der Waals surface area contributed by atoms with E-state index in [9.17, 15) is 10.1 Å². The molecule has 1 heterocycles. The standard InChI is InChI=1S/C8H14.C3H7N5O2/c1-6-3-7-5-8(7,2)4-6;4-3-1-2-5-7(6-3)8(9)10/h6-7H,3-5H2,1-2H3;5H,1-2H2,(H2,4,6). The fourth-order valence-electron chi connectivity index (χ4n) is 3.07. The Morgan fingerprint density at radius 3 is 2.67 bits per heavy atom. The summed E-state index contributed by atoms with van der Waals surface area (Å²) in [4.78, 5) is 10.0. The van der Waals surface area contributed by atoms with Gasteiger partial charge in [-0.2, -0.15) is 5.43 Å². The van der Waals surface area contributed by atoms with Gasteiger partial charge < -0.3 is 15.8 Å². The zero-order valence-electron chi connectivity index (χ0n) is 10.9. The number of nitrogens with one attached hydrogen (secondary N) is 1. The molecule has 2 saturated carbocycles. The van der Waals surface area contributed by atoms with Gasteiger partial charge in [0.1, 0.15) is 0 Å². The van der Waals surface area contributed by atoms with Crippen molar-refractivity contribution in [3.05, 3.63) is 10.1 Å². The Bertz CT molecular complexity index is 372. The van der Waals surface area contributed by atoms with Gasteiger partial charge in [-0.25, -0.2) is 0 Å². The quantitative estimate of drug-likeness (QED) is 0.540. The molecule has 0 aromatic heterocycles. The van der Waals surface area contributed by atoms with Crippen molar-refractivity contribution in [3.63, 3.8) is 0 Å². The molecule has 0 amide bonds. The van der Waals surface area contributed by atoms with E-state index in [2.05, 4.69) is 24.4 Å². The predicted octanol–water partition coefficient (Wildman–Crippen LogP) is 1.10. The molecule has 2 aliphatic carbocycles. The number of nitro groups is 1. The average molecular weight is 255 g/mol. The van der Waals surface area contributed by atoms with Crippen LogP contribution in [0, 0.1) is 27.4 Å². The van der Waals surface area contributed by atoms with Crippen LogP contribution in [-0.2, 0) is 0 Å². The molecule has 3 N–H and O–H groups in total. The van der Waals surface area contributed by atoms with Crippen molar-refractivity contribution in [1.29, 1.82) is 0 Å². The molecule has 1 aliphatic heterocycles. The molecule has 0 spiro atoms.